The molecule has 0 saturated carbocycles. The second-order valence-electron chi connectivity index (χ2n) is 2.95. The summed E-state index contributed by atoms with van der Waals surface area (Å²) in [5.74, 6) is 0. The van der Waals surface area contributed by atoms with E-state index in [9.17, 15) is 0 Å². The summed E-state index contributed by atoms with van der Waals surface area (Å²) in [6.07, 6.45) is 0. The van der Waals surface area contributed by atoms with Gasteiger partial charge in [-0.1, -0.05) is 0 Å². The van der Waals surface area contributed by atoms with Crippen molar-refractivity contribution in [1.82, 2.24) is 16.0 Å². The lowest BCUT2D eigenvalue weighted by Crippen LogP contribution is -2.40. The molecule has 0 aliphatic carbocycles. The largest absolute Gasteiger partial charge is 0.379 e. The van der Waals surface area contributed by atoms with Crippen molar-refractivity contribution in [1.29, 1.82) is 0 Å². The monoisotopic (exact) mass is 172 g/mol. The molecule has 1 aliphatic heterocycles. The van der Waals surface area contributed by atoms with Gasteiger partial charge < -0.3 is 10.1 Å². The SMILES string of the molecule is [NH]CCNCCN1CCOCC1. The van der Waals surface area contributed by atoms with Crippen LogP contribution in [0.5, 0.6) is 0 Å². The zero-order valence-corrected chi connectivity index (χ0v) is 7.51. The fraction of sp³-hybridized carbons (Fsp3) is 1.00. The van der Waals surface area contributed by atoms with Gasteiger partial charge in [0.1, 0.15) is 0 Å². The van der Waals surface area contributed by atoms with Crippen molar-refractivity contribution in [2.45, 2.75) is 0 Å². The molecule has 4 heteroatoms. The lowest BCUT2D eigenvalue weighted by atomic mass is 10.4. The Bertz CT molecular complexity index is 104. The third kappa shape index (κ3) is 4.01. The number of nitrogens with zero attached hydrogens (tertiary/aromatic N) is 1. The van der Waals surface area contributed by atoms with Gasteiger partial charge >= 0.3 is 0 Å². The van der Waals surface area contributed by atoms with Crippen LogP contribution in [-0.4, -0.2) is 57.4 Å². The third-order valence-electron chi connectivity index (χ3n) is 2.01. The molecule has 1 fully saturated rings. The van der Waals surface area contributed by atoms with Crippen molar-refractivity contribution in [2.24, 2.45) is 0 Å². The Morgan fingerprint density at radius 2 is 2.00 bits per heavy atom. The average Bonchev–Trinajstić information content (AvgIpc) is 2.14. The van der Waals surface area contributed by atoms with Crippen LogP contribution in [0.3, 0.4) is 0 Å². The van der Waals surface area contributed by atoms with Gasteiger partial charge in [0.15, 0.2) is 0 Å². The minimum absolute atomic E-state index is 0.475. The van der Waals surface area contributed by atoms with E-state index in [2.05, 4.69) is 10.2 Å². The number of hydrogen-bond donors (Lipinski definition) is 1. The van der Waals surface area contributed by atoms with E-state index in [-0.39, 0.29) is 0 Å². The normalized spacial score (nSPS) is 19.8. The maximum atomic E-state index is 6.93. The Kier molecular flexibility index (Phi) is 5.27. The fourth-order valence-electron chi connectivity index (χ4n) is 1.28. The lowest BCUT2D eigenvalue weighted by Gasteiger charge is -2.26. The molecule has 1 rings (SSSR count). The number of nitrogens with one attached hydrogen (secondary N) is 2. The van der Waals surface area contributed by atoms with E-state index in [1.54, 1.807) is 0 Å². The smallest absolute Gasteiger partial charge is 0.0594 e. The molecule has 0 aromatic heterocycles. The van der Waals surface area contributed by atoms with Crippen LogP contribution in [0, 0.1) is 0 Å². The summed E-state index contributed by atoms with van der Waals surface area (Å²) >= 11 is 0. The Labute approximate surface area is 74.1 Å². The van der Waals surface area contributed by atoms with Crippen molar-refractivity contribution in [3.8, 4) is 0 Å². The Morgan fingerprint density at radius 1 is 1.25 bits per heavy atom. The van der Waals surface area contributed by atoms with Crippen LogP contribution < -0.4 is 11.1 Å². The molecule has 1 radical (unpaired) electrons. The molecule has 1 saturated heterocycles. The Morgan fingerprint density at radius 3 is 2.67 bits per heavy atom. The van der Waals surface area contributed by atoms with E-state index in [1.165, 1.54) is 0 Å². The summed E-state index contributed by atoms with van der Waals surface area (Å²) < 4.78 is 5.24. The van der Waals surface area contributed by atoms with Crippen molar-refractivity contribution >= 4 is 0 Å². The maximum absolute atomic E-state index is 6.93. The van der Waals surface area contributed by atoms with E-state index >= 15 is 0 Å². The predicted molar refractivity (Wildman–Crippen MR) is 48.1 cm³/mol. The van der Waals surface area contributed by atoms with Gasteiger partial charge in [-0.05, 0) is 0 Å². The van der Waals surface area contributed by atoms with Gasteiger partial charge in [-0.15, -0.1) is 0 Å². The van der Waals surface area contributed by atoms with Crippen molar-refractivity contribution < 1.29 is 4.74 Å². The predicted octanol–water partition coefficient (Wildman–Crippen LogP) is -0.809. The minimum atomic E-state index is 0.475. The van der Waals surface area contributed by atoms with Crippen LogP contribution in [-0.2, 0) is 4.74 Å². The van der Waals surface area contributed by atoms with E-state index in [1.807, 2.05) is 0 Å². The minimum Gasteiger partial charge on any atom is -0.379 e. The first kappa shape index (κ1) is 9.92. The zero-order valence-electron chi connectivity index (χ0n) is 7.51. The highest BCUT2D eigenvalue weighted by atomic mass is 16.5. The summed E-state index contributed by atoms with van der Waals surface area (Å²) in [5, 5.41) is 3.21. The van der Waals surface area contributed by atoms with Gasteiger partial charge in [-0.25, -0.2) is 0 Å². The van der Waals surface area contributed by atoms with Crippen LogP contribution in [0.1, 0.15) is 0 Å². The van der Waals surface area contributed by atoms with Crippen LogP contribution in [0.4, 0.5) is 0 Å². The van der Waals surface area contributed by atoms with Crippen LogP contribution in [0.15, 0.2) is 0 Å². The van der Waals surface area contributed by atoms with Crippen LogP contribution in [0.2, 0.25) is 0 Å². The molecule has 0 atom stereocenters. The quantitative estimate of drug-likeness (QED) is 0.552. The highest BCUT2D eigenvalue weighted by molar-refractivity contribution is 4.62. The molecule has 4 nitrogen and oxygen atoms in total. The molecule has 1 heterocycles. The highest BCUT2D eigenvalue weighted by Gasteiger charge is 2.08. The summed E-state index contributed by atoms with van der Waals surface area (Å²) in [4.78, 5) is 2.39. The summed E-state index contributed by atoms with van der Waals surface area (Å²) in [6.45, 7) is 7.23. The molecule has 0 bridgehead atoms. The molecule has 1 aliphatic rings. The molecule has 71 valence electrons. The number of ether oxygens (including phenoxy) is 1. The van der Waals surface area contributed by atoms with Gasteiger partial charge in [-0.3, -0.25) is 10.6 Å². The van der Waals surface area contributed by atoms with E-state index in [0.717, 1.165) is 45.9 Å². The van der Waals surface area contributed by atoms with E-state index in [4.69, 9.17) is 10.5 Å². The summed E-state index contributed by atoms with van der Waals surface area (Å²) in [7, 11) is 0. The topological polar surface area (TPSA) is 48.3 Å². The molecule has 0 aromatic rings. The maximum Gasteiger partial charge on any atom is 0.0594 e. The average molecular weight is 172 g/mol. The van der Waals surface area contributed by atoms with Crippen LogP contribution in [0.25, 0.3) is 0 Å². The van der Waals surface area contributed by atoms with Gasteiger partial charge in [0.25, 0.3) is 0 Å². The molecular formula is C8H18N3O. The molecular weight excluding hydrogens is 154 g/mol. The molecule has 0 amide bonds. The molecule has 0 spiro atoms. The van der Waals surface area contributed by atoms with E-state index < -0.39 is 0 Å². The van der Waals surface area contributed by atoms with Crippen molar-refractivity contribution in [3.63, 3.8) is 0 Å². The van der Waals surface area contributed by atoms with Crippen LogP contribution >= 0.6 is 0 Å². The van der Waals surface area contributed by atoms with Gasteiger partial charge in [0.2, 0.25) is 0 Å². The standard InChI is InChI=1S/C8H18N3O/c9-1-2-10-3-4-11-5-7-12-8-6-11/h9-10H,1-8H2. The second-order valence-corrected chi connectivity index (χ2v) is 2.95. The van der Waals surface area contributed by atoms with E-state index in [0.29, 0.717) is 6.54 Å². The number of rotatable bonds is 5. The van der Waals surface area contributed by atoms with Gasteiger partial charge in [0, 0.05) is 39.3 Å². The molecule has 12 heavy (non-hydrogen) atoms. The highest BCUT2D eigenvalue weighted by Crippen LogP contribution is 1.94. The summed E-state index contributed by atoms with van der Waals surface area (Å²) in [5.41, 5.74) is 6.93. The Balaban J connectivity index is 1.91. The van der Waals surface area contributed by atoms with Crippen molar-refractivity contribution in [3.05, 3.63) is 0 Å². The lowest BCUT2D eigenvalue weighted by molar-refractivity contribution is 0.0385. The number of hydrogen-bond acceptors (Lipinski definition) is 3. The fourth-order valence-corrected chi connectivity index (χ4v) is 1.28. The first-order chi connectivity index (χ1) is 5.93. The van der Waals surface area contributed by atoms with Crippen molar-refractivity contribution in [2.75, 3.05) is 52.5 Å². The second kappa shape index (κ2) is 6.37. The number of morpholine rings is 1. The molecule has 2 N–H and O–H groups in total. The first-order valence-corrected chi connectivity index (χ1v) is 4.59. The molecule has 0 unspecified atom stereocenters. The first-order valence-electron chi connectivity index (χ1n) is 4.59. The van der Waals surface area contributed by atoms with Gasteiger partial charge in [-0.2, -0.15) is 0 Å². The Hall–Kier alpha value is -0.160. The van der Waals surface area contributed by atoms with Gasteiger partial charge in [0.05, 0.1) is 13.2 Å². The summed E-state index contributed by atoms with van der Waals surface area (Å²) in [6, 6.07) is 0. The zero-order chi connectivity index (χ0) is 8.65. The molecule has 0 aromatic carbocycles. The third-order valence-corrected chi connectivity index (χ3v) is 2.01.